The maximum Gasteiger partial charge on any atom is 0.150 e. The molecule has 0 aliphatic carbocycles. The van der Waals surface area contributed by atoms with E-state index in [2.05, 4.69) is 11.8 Å². The van der Waals surface area contributed by atoms with Gasteiger partial charge in [-0.05, 0) is 85.5 Å². The van der Waals surface area contributed by atoms with Crippen LogP contribution in [-0.4, -0.2) is 41.4 Å². The number of allylic oxidation sites excluding steroid dienone is 1. The van der Waals surface area contributed by atoms with Gasteiger partial charge < -0.3 is 19.7 Å². The second-order valence-electron chi connectivity index (χ2n) is 9.66. The van der Waals surface area contributed by atoms with Gasteiger partial charge in [-0.3, -0.25) is 4.90 Å². The molecule has 188 valence electrons. The molecule has 1 unspecified atom stereocenters. The number of halogens is 1. The van der Waals surface area contributed by atoms with E-state index < -0.39 is 11.9 Å². The highest BCUT2D eigenvalue weighted by molar-refractivity contribution is 5.96. The number of aromatic hydroxyl groups is 2. The molecular formula is C30H32FNO4. The topological polar surface area (TPSA) is 62.2 Å². The lowest BCUT2D eigenvalue weighted by Gasteiger charge is -2.31. The van der Waals surface area contributed by atoms with Crippen molar-refractivity contribution in [2.24, 2.45) is 5.92 Å². The number of ether oxygens (including phenoxy) is 2. The van der Waals surface area contributed by atoms with E-state index in [9.17, 15) is 14.6 Å². The van der Waals surface area contributed by atoms with Crippen LogP contribution in [0.3, 0.4) is 0 Å². The van der Waals surface area contributed by atoms with E-state index in [0.717, 1.165) is 42.4 Å². The molecule has 1 fully saturated rings. The zero-order valence-electron chi connectivity index (χ0n) is 20.7. The predicted octanol–water partition coefficient (Wildman–Crippen LogP) is 6.41. The van der Waals surface area contributed by atoms with Crippen LogP contribution in [0.4, 0.5) is 4.39 Å². The summed E-state index contributed by atoms with van der Waals surface area (Å²) < 4.78 is 27.3. The molecule has 2 atom stereocenters. The minimum absolute atomic E-state index is 0.0286. The van der Waals surface area contributed by atoms with Gasteiger partial charge in [0.15, 0.2) is 0 Å². The zero-order chi connectivity index (χ0) is 25.2. The van der Waals surface area contributed by atoms with Crippen LogP contribution in [0.2, 0.25) is 0 Å². The summed E-state index contributed by atoms with van der Waals surface area (Å²) in [6, 6.07) is 16.6. The van der Waals surface area contributed by atoms with E-state index in [1.807, 2.05) is 31.2 Å². The molecule has 6 heteroatoms. The lowest BCUT2D eigenvalue weighted by Crippen LogP contribution is -2.26. The third kappa shape index (κ3) is 4.91. The Labute approximate surface area is 211 Å². The van der Waals surface area contributed by atoms with Crippen LogP contribution in [0, 0.1) is 11.7 Å². The molecule has 0 saturated carbocycles. The standard InChI is InChI=1S/C30H32FNO4/c1-3-20-12-13-32(18-20)14-15-35-24-8-4-21(5-9-24)30-29(26-17-22(33)6-10-27(26)31)19(2)25-16-23(34)7-11-28(25)36-30/h4-11,16-17,20,30,33-34H,3,12-15,18H2,1-2H3/t20-,30?/m1/s1. The van der Waals surface area contributed by atoms with Gasteiger partial charge in [-0.25, -0.2) is 4.39 Å². The largest absolute Gasteiger partial charge is 0.508 e. The molecule has 1 saturated heterocycles. The number of nitrogens with zero attached hydrogens (tertiary/aromatic N) is 1. The summed E-state index contributed by atoms with van der Waals surface area (Å²) in [5.74, 6) is 1.81. The van der Waals surface area contributed by atoms with Crippen molar-refractivity contribution in [3.8, 4) is 23.0 Å². The number of benzene rings is 3. The Morgan fingerprint density at radius 1 is 1.00 bits per heavy atom. The van der Waals surface area contributed by atoms with Crippen LogP contribution in [-0.2, 0) is 0 Å². The van der Waals surface area contributed by atoms with E-state index >= 15 is 0 Å². The van der Waals surface area contributed by atoms with Crippen LogP contribution in [0.5, 0.6) is 23.0 Å². The van der Waals surface area contributed by atoms with Gasteiger partial charge in [0.1, 0.15) is 41.5 Å². The average Bonchev–Trinajstić information content (AvgIpc) is 3.34. The first-order chi connectivity index (χ1) is 17.4. The van der Waals surface area contributed by atoms with Gasteiger partial charge >= 0.3 is 0 Å². The van der Waals surface area contributed by atoms with Crippen molar-refractivity contribution in [2.75, 3.05) is 26.2 Å². The SMILES string of the molecule is CC[C@@H]1CCN(CCOc2ccc(C3Oc4ccc(O)cc4C(C)=C3c3cc(O)ccc3F)cc2)C1. The highest BCUT2D eigenvalue weighted by atomic mass is 19.1. The van der Waals surface area contributed by atoms with Crippen LogP contribution in [0.1, 0.15) is 49.5 Å². The molecular weight excluding hydrogens is 457 g/mol. The summed E-state index contributed by atoms with van der Waals surface area (Å²) in [4.78, 5) is 2.46. The van der Waals surface area contributed by atoms with Crippen LogP contribution in [0.15, 0.2) is 60.7 Å². The van der Waals surface area contributed by atoms with Gasteiger partial charge in [-0.15, -0.1) is 0 Å². The summed E-state index contributed by atoms with van der Waals surface area (Å²) in [5, 5.41) is 20.1. The van der Waals surface area contributed by atoms with Gasteiger partial charge in [0.2, 0.25) is 0 Å². The molecule has 0 aromatic heterocycles. The molecule has 2 aliphatic heterocycles. The Kier molecular flexibility index (Phi) is 6.88. The van der Waals surface area contributed by atoms with Crippen LogP contribution >= 0.6 is 0 Å². The quantitative estimate of drug-likeness (QED) is 0.401. The third-order valence-electron chi connectivity index (χ3n) is 7.32. The molecule has 0 spiro atoms. The van der Waals surface area contributed by atoms with E-state index in [0.29, 0.717) is 23.5 Å². The number of hydrogen-bond donors (Lipinski definition) is 2. The molecule has 5 nitrogen and oxygen atoms in total. The molecule has 3 aromatic carbocycles. The van der Waals surface area contributed by atoms with Crippen molar-refractivity contribution in [1.29, 1.82) is 0 Å². The van der Waals surface area contributed by atoms with Crippen molar-refractivity contribution < 1.29 is 24.1 Å². The maximum absolute atomic E-state index is 15.0. The lowest BCUT2D eigenvalue weighted by molar-refractivity contribution is 0.232. The fourth-order valence-corrected chi connectivity index (χ4v) is 5.22. The van der Waals surface area contributed by atoms with Gasteiger partial charge in [0.05, 0.1) is 0 Å². The molecule has 2 heterocycles. The Morgan fingerprint density at radius 2 is 1.72 bits per heavy atom. The van der Waals surface area contributed by atoms with Crippen molar-refractivity contribution >= 4 is 11.1 Å². The van der Waals surface area contributed by atoms with Crippen molar-refractivity contribution in [2.45, 2.75) is 32.8 Å². The molecule has 0 amide bonds. The van der Waals surface area contributed by atoms with Gasteiger partial charge in [0.25, 0.3) is 0 Å². The summed E-state index contributed by atoms with van der Waals surface area (Å²) in [6.07, 6.45) is 1.91. The van der Waals surface area contributed by atoms with E-state index in [1.165, 1.54) is 31.0 Å². The third-order valence-corrected chi connectivity index (χ3v) is 7.32. The highest BCUT2D eigenvalue weighted by Crippen LogP contribution is 2.48. The fourth-order valence-electron chi connectivity index (χ4n) is 5.22. The zero-order valence-corrected chi connectivity index (χ0v) is 20.7. The lowest BCUT2D eigenvalue weighted by atomic mass is 9.86. The molecule has 2 aliphatic rings. The smallest absolute Gasteiger partial charge is 0.150 e. The molecule has 2 N–H and O–H groups in total. The Bertz CT molecular complexity index is 1270. The monoisotopic (exact) mass is 489 g/mol. The second-order valence-corrected chi connectivity index (χ2v) is 9.66. The Balaban J connectivity index is 1.40. The first kappa shape index (κ1) is 24.2. The minimum atomic E-state index is -0.594. The predicted molar refractivity (Wildman–Crippen MR) is 139 cm³/mol. The van der Waals surface area contributed by atoms with Gasteiger partial charge in [-0.1, -0.05) is 25.5 Å². The van der Waals surface area contributed by atoms with E-state index in [-0.39, 0.29) is 17.1 Å². The van der Waals surface area contributed by atoms with Crippen LogP contribution < -0.4 is 9.47 Å². The summed E-state index contributed by atoms with van der Waals surface area (Å²) in [7, 11) is 0. The normalized spacial score (nSPS) is 19.8. The van der Waals surface area contributed by atoms with E-state index in [4.69, 9.17) is 9.47 Å². The number of phenolic OH excluding ortho intramolecular Hbond substituents is 2. The molecule has 36 heavy (non-hydrogen) atoms. The average molecular weight is 490 g/mol. The number of fused-ring (bicyclic) bond motifs is 1. The van der Waals surface area contributed by atoms with Gasteiger partial charge in [-0.2, -0.15) is 0 Å². The first-order valence-corrected chi connectivity index (χ1v) is 12.6. The van der Waals surface area contributed by atoms with Crippen molar-refractivity contribution in [3.05, 3.63) is 83.2 Å². The second kappa shape index (κ2) is 10.2. The van der Waals surface area contributed by atoms with Crippen molar-refractivity contribution in [3.63, 3.8) is 0 Å². The van der Waals surface area contributed by atoms with E-state index in [1.54, 1.807) is 18.2 Å². The highest BCUT2D eigenvalue weighted by Gasteiger charge is 2.31. The number of hydrogen-bond acceptors (Lipinski definition) is 5. The maximum atomic E-state index is 15.0. The molecule has 3 aromatic rings. The summed E-state index contributed by atoms with van der Waals surface area (Å²) in [5.41, 5.74) is 3.18. The molecule has 5 rings (SSSR count). The minimum Gasteiger partial charge on any atom is -0.508 e. The molecule has 0 bridgehead atoms. The first-order valence-electron chi connectivity index (χ1n) is 12.6. The Hall–Kier alpha value is -3.51. The number of likely N-dealkylation sites (tertiary alicyclic amines) is 1. The summed E-state index contributed by atoms with van der Waals surface area (Å²) >= 11 is 0. The fraction of sp³-hybridized carbons (Fsp3) is 0.333. The number of phenols is 2. The summed E-state index contributed by atoms with van der Waals surface area (Å²) in [6.45, 7) is 7.96. The number of rotatable bonds is 7. The Morgan fingerprint density at radius 3 is 2.44 bits per heavy atom. The molecule has 0 radical (unpaired) electrons. The van der Waals surface area contributed by atoms with Gasteiger partial charge in [0, 0.05) is 29.8 Å². The van der Waals surface area contributed by atoms with Crippen LogP contribution in [0.25, 0.3) is 11.1 Å². The van der Waals surface area contributed by atoms with Crippen molar-refractivity contribution in [1.82, 2.24) is 4.90 Å².